The zero-order chi connectivity index (χ0) is 21.3. The van der Waals surface area contributed by atoms with Crippen molar-refractivity contribution in [2.75, 3.05) is 0 Å². The summed E-state index contributed by atoms with van der Waals surface area (Å²) in [6.45, 7) is 3.59. The van der Waals surface area contributed by atoms with Gasteiger partial charge < -0.3 is 9.73 Å². The van der Waals surface area contributed by atoms with Crippen LogP contribution in [0.1, 0.15) is 27.0 Å². The molecule has 0 aliphatic carbocycles. The molecule has 30 heavy (non-hydrogen) atoms. The van der Waals surface area contributed by atoms with Gasteiger partial charge in [0.1, 0.15) is 23.0 Å². The van der Waals surface area contributed by atoms with Crippen molar-refractivity contribution in [2.45, 2.75) is 20.4 Å². The number of thiazole rings is 1. The minimum atomic E-state index is -0.674. The zero-order valence-electron chi connectivity index (χ0n) is 16.2. The number of hydrogen-bond acceptors (Lipinski definition) is 6. The molecule has 0 aliphatic heterocycles. The molecule has 0 bridgehead atoms. The summed E-state index contributed by atoms with van der Waals surface area (Å²) in [4.78, 5) is 29.2. The smallest absolute Gasteiger partial charge is 0.276 e. The maximum absolute atomic E-state index is 14.1. The van der Waals surface area contributed by atoms with Gasteiger partial charge in [0.2, 0.25) is 5.43 Å². The molecule has 0 fully saturated rings. The summed E-state index contributed by atoms with van der Waals surface area (Å²) in [6, 6.07) is 10.8. The lowest BCUT2D eigenvalue weighted by atomic mass is 10.2. The molecular weight excluding hydrogens is 407 g/mol. The number of aryl methyl sites for hydroxylation is 2. The minimum Gasteiger partial charge on any atom is -0.458 e. The summed E-state index contributed by atoms with van der Waals surface area (Å²) >= 11 is 1.51. The number of para-hydroxylation sites is 1. The van der Waals surface area contributed by atoms with Gasteiger partial charge in [-0.1, -0.05) is 12.1 Å². The molecular formula is C21H17FN4O3S. The third-order valence-electron chi connectivity index (χ3n) is 4.36. The van der Waals surface area contributed by atoms with Crippen LogP contribution < -0.4 is 10.7 Å². The topological polar surface area (TPSA) is 90.0 Å². The quantitative estimate of drug-likeness (QED) is 0.528. The first kappa shape index (κ1) is 19.7. The highest BCUT2D eigenvalue weighted by molar-refractivity contribution is 7.09. The Labute approximate surface area is 174 Å². The van der Waals surface area contributed by atoms with Crippen molar-refractivity contribution in [3.8, 4) is 17.1 Å². The molecule has 4 rings (SSSR count). The first-order valence-electron chi connectivity index (χ1n) is 9.07. The van der Waals surface area contributed by atoms with Gasteiger partial charge in [0.25, 0.3) is 5.91 Å². The number of nitrogens with zero attached hydrogens (tertiary/aromatic N) is 3. The van der Waals surface area contributed by atoms with Crippen LogP contribution in [-0.4, -0.2) is 20.7 Å². The highest BCUT2D eigenvalue weighted by Gasteiger charge is 2.17. The maximum atomic E-state index is 14.1. The van der Waals surface area contributed by atoms with Crippen LogP contribution >= 0.6 is 11.3 Å². The molecule has 0 radical (unpaired) electrons. The minimum absolute atomic E-state index is 0.0661. The fraction of sp³-hybridized carbons (Fsp3) is 0.143. The molecule has 7 nitrogen and oxygen atoms in total. The largest absolute Gasteiger partial charge is 0.458 e. The molecule has 1 N–H and O–H groups in total. The molecule has 0 saturated heterocycles. The van der Waals surface area contributed by atoms with Crippen molar-refractivity contribution in [2.24, 2.45) is 0 Å². The van der Waals surface area contributed by atoms with Crippen molar-refractivity contribution in [1.29, 1.82) is 0 Å². The molecule has 0 atom stereocenters. The van der Waals surface area contributed by atoms with Crippen molar-refractivity contribution >= 4 is 17.2 Å². The molecule has 3 aromatic heterocycles. The van der Waals surface area contributed by atoms with Gasteiger partial charge in [-0.25, -0.2) is 14.1 Å². The molecule has 0 spiro atoms. The number of carbonyl (C=O) groups excluding carboxylic acids is 1. The number of furan rings is 1. The van der Waals surface area contributed by atoms with Crippen LogP contribution in [0.3, 0.4) is 0 Å². The van der Waals surface area contributed by atoms with Crippen molar-refractivity contribution < 1.29 is 13.6 Å². The van der Waals surface area contributed by atoms with E-state index in [4.69, 9.17) is 4.42 Å². The average molecular weight is 424 g/mol. The average Bonchev–Trinajstić information content (AvgIpc) is 3.36. The molecule has 0 saturated carbocycles. The normalized spacial score (nSPS) is 10.9. The van der Waals surface area contributed by atoms with Gasteiger partial charge in [-0.3, -0.25) is 9.59 Å². The highest BCUT2D eigenvalue weighted by atomic mass is 32.1. The lowest BCUT2D eigenvalue weighted by molar-refractivity contribution is 0.0940. The summed E-state index contributed by atoms with van der Waals surface area (Å²) in [6.07, 6.45) is 0. The summed E-state index contributed by atoms with van der Waals surface area (Å²) in [5.41, 5.74) is 0.415. The van der Waals surface area contributed by atoms with Crippen LogP contribution in [0.5, 0.6) is 0 Å². The van der Waals surface area contributed by atoms with E-state index in [2.05, 4.69) is 15.4 Å². The molecule has 1 aromatic carbocycles. The Morgan fingerprint density at radius 2 is 2.03 bits per heavy atom. The van der Waals surface area contributed by atoms with Crippen LogP contribution in [0.4, 0.5) is 4.39 Å². The monoisotopic (exact) mass is 424 g/mol. The van der Waals surface area contributed by atoms with Gasteiger partial charge in [-0.2, -0.15) is 5.10 Å². The first-order valence-corrected chi connectivity index (χ1v) is 9.95. The van der Waals surface area contributed by atoms with Crippen LogP contribution in [0, 0.1) is 19.7 Å². The lowest BCUT2D eigenvalue weighted by Crippen LogP contribution is -2.31. The van der Waals surface area contributed by atoms with Gasteiger partial charge in [0.15, 0.2) is 11.5 Å². The molecule has 9 heteroatoms. The number of hydrogen-bond donors (Lipinski definition) is 1. The van der Waals surface area contributed by atoms with Crippen molar-refractivity contribution in [1.82, 2.24) is 20.1 Å². The molecule has 3 heterocycles. The Kier molecular flexibility index (Phi) is 5.28. The Morgan fingerprint density at radius 1 is 1.23 bits per heavy atom. The highest BCUT2D eigenvalue weighted by Crippen LogP contribution is 2.23. The van der Waals surface area contributed by atoms with Crippen LogP contribution in [0.25, 0.3) is 17.1 Å². The molecule has 152 valence electrons. The number of rotatable bonds is 5. The summed E-state index contributed by atoms with van der Waals surface area (Å²) in [5, 5.41) is 9.51. The van der Waals surface area contributed by atoms with E-state index in [0.29, 0.717) is 17.2 Å². The summed E-state index contributed by atoms with van der Waals surface area (Å²) < 4.78 is 21.1. The fourth-order valence-corrected chi connectivity index (χ4v) is 3.51. The second-order valence-corrected chi connectivity index (χ2v) is 7.62. The van der Waals surface area contributed by atoms with E-state index in [1.54, 1.807) is 31.2 Å². The number of carbonyl (C=O) groups is 1. The Morgan fingerprint density at radius 3 is 2.77 bits per heavy atom. The van der Waals surface area contributed by atoms with Gasteiger partial charge in [0.05, 0.1) is 11.6 Å². The number of benzene rings is 1. The molecule has 0 unspecified atom stereocenters. The van der Waals surface area contributed by atoms with E-state index in [-0.39, 0.29) is 17.9 Å². The number of amides is 1. The van der Waals surface area contributed by atoms with E-state index < -0.39 is 17.2 Å². The van der Waals surface area contributed by atoms with Gasteiger partial charge in [0, 0.05) is 17.1 Å². The van der Waals surface area contributed by atoms with Crippen LogP contribution in [0.2, 0.25) is 0 Å². The fourth-order valence-electron chi connectivity index (χ4n) is 2.91. The lowest BCUT2D eigenvalue weighted by Gasteiger charge is -2.11. The van der Waals surface area contributed by atoms with E-state index >= 15 is 0 Å². The Balaban J connectivity index is 1.54. The Bertz CT molecular complexity index is 1290. The predicted molar refractivity (Wildman–Crippen MR) is 110 cm³/mol. The summed E-state index contributed by atoms with van der Waals surface area (Å²) in [7, 11) is 0. The van der Waals surface area contributed by atoms with E-state index in [1.807, 2.05) is 12.3 Å². The zero-order valence-corrected chi connectivity index (χ0v) is 17.0. The third-order valence-corrected chi connectivity index (χ3v) is 5.13. The number of aromatic nitrogens is 3. The third kappa shape index (κ3) is 3.92. The van der Waals surface area contributed by atoms with E-state index in [1.165, 1.54) is 34.2 Å². The molecule has 0 aliphatic rings. The van der Waals surface area contributed by atoms with Crippen molar-refractivity contribution in [3.05, 3.63) is 86.0 Å². The molecule has 1 amide bonds. The first-order chi connectivity index (χ1) is 14.4. The maximum Gasteiger partial charge on any atom is 0.276 e. The van der Waals surface area contributed by atoms with Crippen molar-refractivity contribution in [3.63, 3.8) is 0 Å². The Hall–Kier alpha value is -3.59. The standard InChI is InChI=1S/C21H17FN4O3S/c1-12-9-18(27)20(25-26(12)17-6-4-3-5-15(17)22)21(28)23-10-14-7-8-19(29-14)16-11-30-13(2)24-16/h3-9,11H,10H2,1-2H3,(H,23,28). The number of nitrogens with one attached hydrogen (secondary N) is 1. The van der Waals surface area contributed by atoms with Crippen LogP contribution in [0.15, 0.2) is 57.1 Å². The second-order valence-electron chi connectivity index (χ2n) is 6.56. The van der Waals surface area contributed by atoms with Gasteiger partial charge in [-0.15, -0.1) is 11.3 Å². The summed E-state index contributed by atoms with van der Waals surface area (Å²) in [5.74, 6) is -0.0828. The predicted octanol–water partition coefficient (Wildman–Crippen LogP) is 3.63. The van der Waals surface area contributed by atoms with Gasteiger partial charge in [-0.05, 0) is 38.1 Å². The number of halogens is 1. The van der Waals surface area contributed by atoms with E-state index in [0.717, 1.165) is 10.7 Å². The second kappa shape index (κ2) is 8.03. The van der Waals surface area contributed by atoms with E-state index in [9.17, 15) is 14.0 Å². The molecule has 4 aromatic rings. The SMILES string of the molecule is Cc1nc(-c2ccc(CNC(=O)c3nn(-c4ccccc4F)c(C)cc3=O)o2)cs1. The van der Waals surface area contributed by atoms with Crippen LogP contribution in [-0.2, 0) is 6.54 Å². The van der Waals surface area contributed by atoms with Gasteiger partial charge >= 0.3 is 0 Å².